The highest BCUT2D eigenvalue weighted by molar-refractivity contribution is 6.30. The number of nitrogens with zero attached hydrogens (tertiary/aromatic N) is 2. The highest BCUT2D eigenvalue weighted by Crippen LogP contribution is 2.26. The first-order chi connectivity index (χ1) is 9.24. The van der Waals surface area contributed by atoms with Gasteiger partial charge in [0, 0.05) is 35.8 Å². The summed E-state index contributed by atoms with van der Waals surface area (Å²) in [5.74, 6) is 0. The van der Waals surface area contributed by atoms with Crippen molar-refractivity contribution in [2.75, 3.05) is 6.54 Å². The van der Waals surface area contributed by atoms with Crippen molar-refractivity contribution in [1.29, 1.82) is 0 Å². The molecule has 1 aliphatic rings. The summed E-state index contributed by atoms with van der Waals surface area (Å²) in [5.41, 5.74) is 3.69. The maximum atomic E-state index is 5.95. The van der Waals surface area contributed by atoms with Gasteiger partial charge in [0.15, 0.2) is 0 Å². The molecule has 2 aromatic rings. The Kier molecular flexibility index (Phi) is 3.58. The third kappa shape index (κ3) is 2.67. The Labute approximate surface area is 118 Å². The molecule has 3 rings (SSSR count). The van der Waals surface area contributed by atoms with Gasteiger partial charge in [-0.2, -0.15) is 5.10 Å². The molecule has 1 saturated heterocycles. The zero-order valence-electron chi connectivity index (χ0n) is 11.1. The molecule has 100 valence electrons. The molecule has 0 amide bonds. The molecule has 2 heterocycles. The number of benzene rings is 1. The maximum Gasteiger partial charge on any atom is 0.0571 e. The minimum Gasteiger partial charge on any atom is -0.314 e. The van der Waals surface area contributed by atoms with Gasteiger partial charge in [-0.25, -0.2) is 0 Å². The van der Waals surface area contributed by atoms with Crippen LogP contribution in [0.5, 0.6) is 0 Å². The van der Waals surface area contributed by atoms with Crippen molar-refractivity contribution in [2.45, 2.75) is 25.3 Å². The Morgan fingerprint density at radius 3 is 2.84 bits per heavy atom. The minimum absolute atomic E-state index is 0.585. The summed E-state index contributed by atoms with van der Waals surface area (Å²) < 4.78 is 1.99. The third-order valence-electron chi connectivity index (χ3n) is 3.82. The van der Waals surface area contributed by atoms with E-state index >= 15 is 0 Å². The second kappa shape index (κ2) is 5.35. The fraction of sp³-hybridized carbons (Fsp3) is 0.400. The first kappa shape index (κ1) is 12.7. The van der Waals surface area contributed by atoms with Gasteiger partial charge in [-0.15, -0.1) is 0 Å². The number of halogens is 1. The van der Waals surface area contributed by atoms with Crippen LogP contribution in [0.25, 0.3) is 11.1 Å². The fourth-order valence-corrected chi connectivity index (χ4v) is 2.87. The van der Waals surface area contributed by atoms with Crippen LogP contribution in [0.4, 0.5) is 0 Å². The lowest BCUT2D eigenvalue weighted by Crippen LogP contribution is -2.25. The second-order valence-electron chi connectivity index (χ2n) is 5.13. The molecule has 1 aromatic heterocycles. The summed E-state index contributed by atoms with van der Waals surface area (Å²) in [5, 5.41) is 8.73. The second-order valence-corrected chi connectivity index (χ2v) is 5.57. The average Bonchev–Trinajstić information content (AvgIpc) is 3.03. The van der Waals surface area contributed by atoms with Crippen molar-refractivity contribution in [3.63, 3.8) is 0 Å². The van der Waals surface area contributed by atoms with Gasteiger partial charge >= 0.3 is 0 Å². The highest BCUT2D eigenvalue weighted by Gasteiger charge is 2.19. The van der Waals surface area contributed by atoms with Crippen LogP contribution >= 0.6 is 11.6 Å². The molecule has 3 nitrogen and oxygen atoms in total. The van der Waals surface area contributed by atoms with Gasteiger partial charge in [-0.1, -0.05) is 23.7 Å². The van der Waals surface area contributed by atoms with Crippen molar-refractivity contribution < 1.29 is 0 Å². The molecular formula is C15H18ClN3. The molecular weight excluding hydrogens is 258 g/mol. The van der Waals surface area contributed by atoms with Gasteiger partial charge in [0.2, 0.25) is 0 Å². The van der Waals surface area contributed by atoms with Crippen LogP contribution in [0.3, 0.4) is 0 Å². The van der Waals surface area contributed by atoms with Gasteiger partial charge in [0.25, 0.3) is 0 Å². The summed E-state index contributed by atoms with van der Waals surface area (Å²) in [7, 11) is 2.02. The molecule has 19 heavy (non-hydrogen) atoms. The lowest BCUT2D eigenvalue weighted by molar-refractivity contribution is 0.571. The largest absolute Gasteiger partial charge is 0.314 e. The highest BCUT2D eigenvalue weighted by atomic mass is 35.5. The van der Waals surface area contributed by atoms with Crippen LogP contribution in [0.1, 0.15) is 18.5 Å². The minimum atomic E-state index is 0.585. The molecule has 0 saturated carbocycles. The van der Waals surface area contributed by atoms with Gasteiger partial charge in [-0.05, 0) is 37.1 Å². The lowest BCUT2D eigenvalue weighted by Gasteiger charge is -2.12. The quantitative estimate of drug-likeness (QED) is 0.933. The topological polar surface area (TPSA) is 29.9 Å². The van der Waals surface area contributed by atoms with Crippen molar-refractivity contribution in [3.8, 4) is 11.1 Å². The van der Waals surface area contributed by atoms with Crippen LogP contribution < -0.4 is 5.32 Å². The van der Waals surface area contributed by atoms with Crippen LogP contribution in [0.15, 0.2) is 30.5 Å². The van der Waals surface area contributed by atoms with Crippen molar-refractivity contribution in [2.24, 2.45) is 7.05 Å². The summed E-state index contributed by atoms with van der Waals surface area (Å²) in [4.78, 5) is 0. The van der Waals surface area contributed by atoms with Gasteiger partial charge in [-0.3, -0.25) is 4.68 Å². The molecule has 1 N–H and O–H groups in total. The Bertz CT molecular complexity index is 553. The first-order valence-corrected chi connectivity index (χ1v) is 7.12. The molecule has 1 aliphatic heterocycles. The van der Waals surface area contributed by atoms with Crippen molar-refractivity contribution in [1.82, 2.24) is 15.1 Å². The van der Waals surface area contributed by atoms with E-state index in [1.54, 1.807) is 0 Å². The van der Waals surface area contributed by atoms with E-state index in [4.69, 9.17) is 11.6 Å². The summed E-state index contributed by atoms with van der Waals surface area (Å²) in [6.07, 6.45) is 5.52. The van der Waals surface area contributed by atoms with Crippen molar-refractivity contribution >= 4 is 11.6 Å². The summed E-state index contributed by atoms with van der Waals surface area (Å²) in [6.45, 7) is 1.14. The van der Waals surface area contributed by atoms with Crippen LogP contribution in [-0.2, 0) is 13.5 Å². The Morgan fingerprint density at radius 2 is 2.16 bits per heavy atom. The first-order valence-electron chi connectivity index (χ1n) is 6.74. The van der Waals surface area contributed by atoms with Crippen molar-refractivity contribution in [3.05, 3.63) is 41.2 Å². The number of nitrogens with one attached hydrogen (secondary N) is 1. The zero-order valence-corrected chi connectivity index (χ0v) is 11.8. The summed E-state index contributed by atoms with van der Waals surface area (Å²) in [6, 6.07) is 8.57. The standard InChI is InChI=1S/C15H18ClN3/c1-19-15(9-13-3-2-8-17-13)14(10-18-19)11-4-6-12(16)7-5-11/h4-7,10,13,17H,2-3,8-9H2,1H3. The molecule has 0 spiro atoms. The normalized spacial score (nSPS) is 18.9. The predicted molar refractivity (Wildman–Crippen MR) is 78.4 cm³/mol. The van der Waals surface area contributed by atoms with E-state index in [0.29, 0.717) is 6.04 Å². The Balaban J connectivity index is 1.91. The number of rotatable bonds is 3. The molecule has 0 bridgehead atoms. The fourth-order valence-electron chi connectivity index (χ4n) is 2.74. The van der Waals surface area contributed by atoms with E-state index in [2.05, 4.69) is 22.5 Å². The average molecular weight is 276 g/mol. The number of aromatic nitrogens is 2. The number of hydrogen-bond acceptors (Lipinski definition) is 2. The molecule has 1 unspecified atom stereocenters. The number of aryl methyl sites for hydroxylation is 1. The smallest absolute Gasteiger partial charge is 0.0571 e. The van der Waals surface area contributed by atoms with E-state index in [1.807, 2.05) is 30.1 Å². The molecule has 1 aromatic carbocycles. The molecule has 0 aliphatic carbocycles. The maximum absolute atomic E-state index is 5.95. The predicted octanol–water partition coefficient (Wildman–Crippen LogP) is 3.04. The Morgan fingerprint density at radius 1 is 1.37 bits per heavy atom. The van der Waals surface area contributed by atoms with Crippen LogP contribution in [-0.4, -0.2) is 22.4 Å². The van der Waals surface area contributed by atoms with Gasteiger partial charge in [0.05, 0.1) is 6.20 Å². The van der Waals surface area contributed by atoms with E-state index < -0.39 is 0 Å². The SMILES string of the molecule is Cn1ncc(-c2ccc(Cl)cc2)c1CC1CCCN1. The van der Waals surface area contributed by atoms with E-state index in [9.17, 15) is 0 Å². The summed E-state index contributed by atoms with van der Waals surface area (Å²) >= 11 is 5.95. The van der Waals surface area contributed by atoms with Gasteiger partial charge < -0.3 is 5.32 Å². The monoisotopic (exact) mass is 275 g/mol. The van der Waals surface area contributed by atoms with E-state index in [1.165, 1.54) is 29.7 Å². The van der Waals surface area contributed by atoms with Crippen LogP contribution in [0.2, 0.25) is 5.02 Å². The zero-order chi connectivity index (χ0) is 13.2. The van der Waals surface area contributed by atoms with Gasteiger partial charge in [0.1, 0.15) is 0 Å². The van der Waals surface area contributed by atoms with Crippen LogP contribution in [0, 0.1) is 0 Å². The number of hydrogen-bond donors (Lipinski definition) is 1. The Hall–Kier alpha value is -1.32. The molecule has 0 radical (unpaired) electrons. The lowest BCUT2D eigenvalue weighted by atomic mass is 10.0. The molecule has 4 heteroatoms. The third-order valence-corrected chi connectivity index (χ3v) is 4.07. The van der Waals surface area contributed by atoms with E-state index in [-0.39, 0.29) is 0 Å². The van der Waals surface area contributed by atoms with E-state index in [0.717, 1.165) is 18.0 Å². The molecule has 1 atom stereocenters. The molecule has 1 fully saturated rings.